The Labute approximate surface area is 150 Å². The monoisotopic (exact) mass is 347 g/mol. The van der Waals surface area contributed by atoms with E-state index < -0.39 is 5.97 Å². The largest absolute Gasteiger partial charge is 0.476 e. The minimum atomic E-state index is -1.16. The molecule has 1 aromatic heterocycles. The molecular weight excluding hydrogens is 330 g/mol. The quantitative estimate of drug-likeness (QED) is 0.743. The van der Waals surface area contributed by atoms with Crippen molar-refractivity contribution in [3.63, 3.8) is 0 Å². The Hall–Kier alpha value is -3.41. The van der Waals surface area contributed by atoms with Gasteiger partial charge in [0.05, 0.1) is 5.69 Å². The maximum atomic E-state index is 12.7. The van der Waals surface area contributed by atoms with Gasteiger partial charge in [0.1, 0.15) is 5.69 Å². The van der Waals surface area contributed by atoms with Gasteiger partial charge in [-0.2, -0.15) is 5.10 Å². The second-order valence-corrected chi connectivity index (χ2v) is 6.30. The highest BCUT2D eigenvalue weighted by atomic mass is 16.4. The summed E-state index contributed by atoms with van der Waals surface area (Å²) >= 11 is 0. The van der Waals surface area contributed by atoms with E-state index in [9.17, 15) is 14.7 Å². The van der Waals surface area contributed by atoms with Gasteiger partial charge in [0.15, 0.2) is 5.69 Å². The van der Waals surface area contributed by atoms with Gasteiger partial charge in [-0.25, -0.2) is 9.48 Å². The number of rotatable bonds is 5. The van der Waals surface area contributed by atoms with Gasteiger partial charge < -0.3 is 10.4 Å². The maximum Gasteiger partial charge on any atom is 0.356 e. The first-order valence-electron chi connectivity index (χ1n) is 8.38. The summed E-state index contributed by atoms with van der Waals surface area (Å²) < 4.78 is 1.37. The van der Waals surface area contributed by atoms with Gasteiger partial charge >= 0.3 is 5.97 Å². The molecule has 1 aliphatic carbocycles. The van der Waals surface area contributed by atoms with Gasteiger partial charge in [-0.3, -0.25) is 4.79 Å². The van der Waals surface area contributed by atoms with Crippen LogP contribution in [0.5, 0.6) is 0 Å². The van der Waals surface area contributed by atoms with E-state index in [1.165, 1.54) is 16.3 Å². The highest BCUT2D eigenvalue weighted by Gasteiger charge is 2.40. The van der Waals surface area contributed by atoms with E-state index in [1.54, 1.807) is 12.1 Å². The van der Waals surface area contributed by atoms with Gasteiger partial charge in [0.2, 0.25) is 0 Å². The van der Waals surface area contributed by atoms with Crippen LogP contribution in [-0.2, 0) is 0 Å². The average molecular weight is 347 g/mol. The van der Waals surface area contributed by atoms with Crippen LogP contribution in [0.3, 0.4) is 0 Å². The van der Waals surface area contributed by atoms with Crippen molar-refractivity contribution in [3.8, 4) is 5.69 Å². The average Bonchev–Trinajstić information content (AvgIpc) is 3.28. The van der Waals surface area contributed by atoms with Crippen LogP contribution in [0.1, 0.15) is 38.9 Å². The number of benzene rings is 2. The highest BCUT2D eigenvalue weighted by molar-refractivity contribution is 5.96. The zero-order valence-corrected chi connectivity index (χ0v) is 13.9. The van der Waals surface area contributed by atoms with Crippen molar-refractivity contribution in [1.82, 2.24) is 15.1 Å². The zero-order chi connectivity index (χ0) is 18.1. The lowest BCUT2D eigenvalue weighted by atomic mass is 10.1. The number of aromatic nitrogens is 2. The minimum Gasteiger partial charge on any atom is -0.476 e. The Morgan fingerprint density at radius 1 is 1.04 bits per heavy atom. The normalized spacial score (nSPS) is 18.3. The summed E-state index contributed by atoms with van der Waals surface area (Å²) in [4.78, 5) is 24.0. The molecule has 0 saturated heterocycles. The molecule has 1 saturated carbocycles. The van der Waals surface area contributed by atoms with Gasteiger partial charge in [-0.15, -0.1) is 0 Å². The van der Waals surface area contributed by atoms with Crippen molar-refractivity contribution in [1.29, 1.82) is 0 Å². The summed E-state index contributed by atoms with van der Waals surface area (Å²) in [5.74, 6) is -1.19. The molecule has 2 atom stereocenters. The summed E-state index contributed by atoms with van der Waals surface area (Å²) in [5, 5.41) is 16.3. The number of nitrogens with one attached hydrogen (secondary N) is 1. The van der Waals surface area contributed by atoms with Crippen LogP contribution in [0.4, 0.5) is 0 Å². The second-order valence-electron chi connectivity index (χ2n) is 6.30. The predicted molar refractivity (Wildman–Crippen MR) is 95.6 cm³/mol. The second kappa shape index (κ2) is 6.48. The first-order valence-corrected chi connectivity index (χ1v) is 8.38. The Bertz CT molecular complexity index is 951. The first-order chi connectivity index (χ1) is 12.6. The minimum absolute atomic E-state index is 0.0531. The van der Waals surface area contributed by atoms with Crippen LogP contribution in [0.2, 0.25) is 0 Å². The Morgan fingerprint density at radius 2 is 1.69 bits per heavy atom. The molecule has 2 aromatic carbocycles. The fourth-order valence-corrected chi connectivity index (χ4v) is 3.08. The zero-order valence-electron chi connectivity index (χ0n) is 13.9. The number of carboxylic acids is 1. The molecule has 1 heterocycles. The Kier molecular flexibility index (Phi) is 4.01. The van der Waals surface area contributed by atoms with Crippen molar-refractivity contribution in [2.24, 2.45) is 0 Å². The fraction of sp³-hybridized carbons (Fsp3) is 0.150. The molecule has 0 radical (unpaired) electrons. The molecule has 1 fully saturated rings. The molecular formula is C20H17N3O3. The number of para-hydroxylation sites is 1. The molecule has 4 rings (SSSR count). The van der Waals surface area contributed by atoms with E-state index in [1.807, 2.05) is 48.5 Å². The number of amides is 1. The molecule has 130 valence electrons. The van der Waals surface area contributed by atoms with E-state index in [4.69, 9.17) is 0 Å². The number of hydrogen-bond acceptors (Lipinski definition) is 3. The van der Waals surface area contributed by atoms with Gasteiger partial charge in [0.25, 0.3) is 5.91 Å². The molecule has 6 nitrogen and oxygen atoms in total. The number of carboxylic acid groups (broad SMARTS) is 1. The molecule has 2 N–H and O–H groups in total. The van der Waals surface area contributed by atoms with E-state index in [2.05, 4.69) is 10.4 Å². The van der Waals surface area contributed by atoms with Crippen LogP contribution < -0.4 is 5.32 Å². The lowest BCUT2D eigenvalue weighted by Gasteiger charge is -2.08. The number of nitrogens with zero attached hydrogens (tertiary/aromatic N) is 2. The number of carbonyl (C=O) groups excluding carboxylic acids is 1. The van der Waals surface area contributed by atoms with Crippen molar-refractivity contribution in [2.75, 3.05) is 0 Å². The first kappa shape index (κ1) is 16.1. The lowest BCUT2D eigenvalue weighted by molar-refractivity contribution is 0.0689. The summed E-state index contributed by atoms with van der Waals surface area (Å²) in [6.07, 6.45) is 0.876. The third-order valence-corrected chi connectivity index (χ3v) is 4.50. The molecule has 0 aliphatic heterocycles. The topological polar surface area (TPSA) is 84.2 Å². The molecule has 1 amide bonds. The molecule has 0 spiro atoms. The van der Waals surface area contributed by atoms with E-state index in [-0.39, 0.29) is 23.3 Å². The maximum absolute atomic E-state index is 12.7. The molecule has 26 heavy (non-hydrogen) atoms. The third kappa shape index (κ3) is 3.09. The van der Waals surface area contributed by atoms with Gasteiger partial charge in [0, 0.05) is 18.0 Å². The predicted octanol–water partition coefficient (Wildman–Crippen LogP) is 2.86. The molecule has 0 bridgehead atoms. The van der Waals surface area contributed by atoms with E-state index in [0.29, 0.717) is 11.6 Å². The SMILES string of the molecule is O=C(O)c1cc(C(=O)N[C@@H]2C[C@H]2c2ccccc2)n(-c2ccccc2)n1. The summed E-state index contributed by atoms with van der Waals surface area (Å²) in [7, 11) is 0. The highest BCUT2D eigenvalue weighted by Crippen LogP contribution is 2.40. The van der Waals surface area contributed by atoms with Crippen molar-refractivity contribution < 1.29 is 14.7 Å². The smallest absolute Gasteiger partial charge is 0.356 e. The fourth-order valence-electron chi connectivity index (χ4n) is 3.08. The Morgan fingerprint density at radius 3 is 2.35 bits per heavy atom. The molecule has 1 aliphatic rings. The van der Waals surface area contributed by atoms with Crippen LogP contribution >= 0.6 is 0 Å². The van der Waals surface area contributed by atoms with Crippen LogP contribution in [-0.4, -0.2) is 32.8 Å². The third-order valence-electron chi connectivity index (χ3n) is 4.50. The van der Waals surface area contributed by atoms with Crippen molar-refractivity contribution in [3.05, 3.63) is 83.7 Å². The van der Waals surface area contributed by atoms with Crippen LogP contribution in [0.25, 0.3) is 5.69 Å². The van der Waals surface area contributed by atoms with Crippen molar-refractivity contribution >= 4 is 11.9 Å². The van der Waals surface area contributed by atoms with E-state index in [0.717, 1.165) is 6.42 Å². The standard InChI is InChI=1S/C20H17N3O3/c24-19(21-16-11-15(16)13-7-3-1-4-8-13)18-12-17(20(25)26)22-23(18)14-9-5-2-6-10-14/h1-10,12,15-16H,11H2,(H,21,24)(H,25,26)/t15-,16+/m0/s1. The Balaban J connectivity index is 1.57. The number of carbonyl (C=O) groups is 2. The van der Waals surface area contributed by atoms with E-state index >= 15 is 0 Å². The summed E-state index contributed by atoms with van der Waals surface area (Å²) in [6, 6.07) is 20.4. The lowest BCUT2D eigenvalue weighted by Crippen LogP contribution is -2.28. The van der Waals surface area contributed by atoms with Crippen molar-refractivity contribution in [2.45, 2.75) is 18.4 Å². The van der Waals surface area contributed by atoms with Crippen LogP contribution in [0.15, 0.2) is 66.7 Å². The number of hydrogen-bond donors (Lipinski definition) is 2. The van der Waals surface area contributed by atoms with Gasteiger partial charge in [-0.1, -0.05) is 48.5 Å². The summed E-state index contributed by atoms with van der Waals surface area (Å²) in [5.41, 5.74) is 1.89. The molecule has 0 unspecified atom stereocenters. The van der Waals surface area contributed by atoms with Gasteiger partial charge in [-0.05, 0) is 24.1 Å². The molecule has 6 heteroatoms. The summed E-state index contributed by atoms with van der Waals surface area (Å²) in [6.45, 7) is 0. The molecule has 3 aromatic rings. The number of aromatic carboxylic acids is 1. The van der Waals surface area contributed by atoms with Crippen LogP contribution in [0, 0.1) is 0 Å².